The molecular formula is C16H37N4P. The van der Waals surface area contributed by atoms with Gasteiger partial charge in [-0.1, -0.05) is 19.3 Å². The van der Waals surface area contributed by atoms with E-state index in [1.807, 2.05) is 0 Å². The van der Waals surface area contributed by atoms with Crippen molar-refractivity contribution in [1.29, 1.82) is 0 Å². The van der Waals surface area contributed by atoms with Gasteiger partial charge < -0.3 is 9.80 Å². The molecule has 0 aliphatic heterocycles. The summed E-state index contributed by atoms with van der Waals surface area (Å²) >= 11 is 0. The number of likely N-dealkylation sites (N-methyl/N-ethyl adjacent to an activating group) is 4. The van der Waals surface area contributed by atoms with E-state index >= 15 is 0 Å². The fraction of sp³-hybridized carbons (Fsp3) is 1.00. The lowest BCUT2D eigenvalue weighted by Crippen LogP contribution is -2.36. The standard InChI is InChI=1S/C16H37N4P/c1-17(2)12-14-19(5)21(16-10-8-7-9-11-16)20(6)15-13-18(3)4/h16H,7-15H2,1-6H3. The Morgan fingerprint density at radius 2 is 1.10 bits per heavy atom. The lowest BCUT2D eigenvalue weighted by atomic mass is 10.0. The van der Waals surface area contributed by atoms with Crippen molar-refractivity contribution in [3.05, 3.63) is 0 Å². The monoisotopic (exact) mass is 316 g/mol. The summed E-state index contributed by atoms with van der Waals surface area (Å²) < 4.78 is 5.31. The van der Waals surface area contributed by atoms with Gasteiger partial charge in [0.15, 0.2) is 0 Å². The average Bonchev–Trinajstić information content (AvgIpc) is 2.44. The summed E-state index contributed by atoms with van der Waals surface area (Å²) in [7, 11) is 13.2. The van der Waals surface area contributed by atoms with Gasteiger partial charge in [-0.2, -0.15) is 0 Å². The summed E-state index contributed by atoms with van der Waals surface area (Å²) in [5.41, 5.74) is 0.910. The van der Waals surface area contributed by atoms with Crippen LogP contribution in [0.4, 0.5) is 0 Å². The van der Waals surface area contributed by atoms with Crippen LogP contribution in [0.1, 0.15) is 32.1 Å². The van der Waals surface area contributed by atoms with E-state index < -0.39 is 0 Å². The van der Waals surface area contributed by atoms with Gasteiger partial charge in [0, 0.05) is 40.1 Å². The van der Waals surface area contributed by atoms with Crippen LogP contribution in [-0.2, 0) is 0 Å². The largest absolute Gasteiger partial charge is 0.308 e. The first kappa shape index (κ1) is 19.3. The summed E-state index contributed by atoms with van der Waals surface area (Å²) in [6, 6.07) is 0. The van der Waals surface area contributed by atoms with Crippen LogP contribution in [0.15, 0.2) is 0 Å². The van der Waals surface area contributed by atoms with Crippen molar-refractivity contribution in [3.8, 4) is 0 Å². The van der Waals surface area contributed by atoms with Gasteiger partial charge in [-0.05, 0) is 55.1 Å². The van der Waals surface area contributed by atoms with Crippen molar-refractivity contribution in [2.24, 2.45) is 0 Å². The summed E-state index contributed by atoms with van der Waals surface area (Å²) in [4.78, 5) is 4.59. The predicted octanol–water partition coefficient (Wildman–Crippen LogP) is 2.62. The molecule has 5 heteroatoms. The molecule has 0 bridgehead atoms. The molecule has 0 aromatic rings. The van der Waals surface area contributed by atoms with Crippen LogP contribution in [0.25, 0.3) is 0 Å². The van der Waals surface area contributed by atoms with Crippen LogP contribution in [0.3, 0.4) is 0 Å². The van der Waals surface area contributed by atoms with E-state index in [4.69, 9.17) is 0 Å². The van der Waals surface area contributed by atoms with Crippen molar-refractivity contribution in [2.75, 3.05) is 68.5 Å². The first-order valence-corrected chi connectivity index (χ1v) is 9.74. The highest BCUT2D eigenvalue weighted by Gasteiger charge is 2.30. The van der Waals surface area contributed by atoms with E-state index in [9.17, 15) is 0 Å². The van der Waals surface area contributed by atoms with Gasteiger partial charge in [0.2, 0.25) is 0 Å². The lowest BCUT2D eigenvalue weighted by molar-refractivity contribution is 0.334. The fourth-order valence-electron chi connectivity index (χ4n) is 3.02. The maximum absolute atomic E-state index is 2.65. The Morgan fingerprint density at radius 1 is 0.667 bits per heavy atom. The second-order valence-electron chi connectivity index (χ2n) is 6.98. The van der Waals surface area contributed by atoms with Gasteiger partial charge in [0.25, 0.3) is 0 Å². The van der Waals surface area contributed by atoms with Crippen molar-refractivity contribution in [1.82, 2.24) is 19.1 Å². The van der Waals surface area contributed by atoms with E-state index in [2.05, 4.69) is 61.4 Å². The minimum atomic E-state index is -0.149. The van der Waals surface area contributed by atoms with Crippen molar-refractivity contribution in [3.63, 3.8) is 0 Å². The highest BCUT2D eigenvalue weighted by Crippen LogP contribution is 2.51. The molecule has 126 valence electrons. The molecule has 1 fully saturated rings. The average molecular weight is 316 g/mol. The van der Waals surface area contributed by atoms with Crippen molar-refractivity contribution in [2.45, 2.75) is 37.8 Å². The molecule has 0 spiro atoms. The molecule has 21 heavy (non-hydrogen) atoms. The Labute approximate surface area is 134 Å². The van der Waals surface area contributed by atoms with Gasteiger partial charge >= 0.3 is 0 Å². The zero-order valence-electron chi connectivity index (χ0n) is 15.2. The number of rotatable bonds is 9. The Kier molecular flexibility index (Phi) is 9.31. The maximum Gasteiger partial charge on any atom is 0.0422 e. The Morgan fingerprint density at radius 3 is 1.48 bits per heavy atom. The highest BCUT2D eigenvalue weighted by molar-refractivity contribution is 7.53. The second-order valence-corrected chi connectivity index (χ2v) is 9.72. The van der Waals surface area contributed by atoms with Gasteiger partial charge in [-0.15, -0.1) is 0 Å². The van der Waals surface area contributed by atoms with E-state index in [0.717, 1.165) is 18.7 Å². The van der Waals surface area contributed by atoms with E-state index in [-0.39, 0.29) is 8.22 Å². The molecular weight excluding hydrogens is 279 g/mol. The molecule has 0 unspecified atom stereocenters. The van der Waals surface area contributed by atoms with Crippen LogP contribution >= 0.6 is 8.22 Å². The predicted molar refractivity (Wildman–Crippen MR) is 96.2 cm³/mol. The molecule has 1 rings (SSSR count). The Balaban J connectivity index is 2.63. The minimum Gasteiger partial charge on any atom is -0.308 e. The van der Waals surface area contributed by atoms with Gasteiger partial charge in [0.05, 0.1) is 0 Å². The molecule has 4 nitrogen and oxygen atoms in total. The molecule has 1 aliphatic rings. The first-order valence-electron chi connectivity index (χ1n) is 8.42. The van der Waals surface area contributed by atoms with Gasteiger partial charge in [-0.25, -0.2) is 0 Å². The Hall–Kier alpha value is 0.270. The molecule has 0 saturated heterocycles. The van der Waals surface area contributed by atoms with Crippen molar-refractivity contribution >= 4 is 8.22 Å². The van der Waals surface area contributed by atoms with Gasteiger partial charge in [-0.3, -0.25) is 9.34 Å². The van der Waals surface area contributed by atoms with Crippen LogP contribution in [-0.4, -0.2) is 93.3 Å². The molecule has 0 aromatic heterocycles. The molecule has 0 heterocycles. The third-order valence-electron chi connectivity index (χ3n) is 4.34. The molecule has 0 N–H and O–H groups in total. The second kappa shape index (κ2) is 10.1. The fourth-order valence-corrected chi connectivity index (χ4v) is 6.08. The van der Waals surface area contributed by atoms with Gasteiger partial charge in [0.1, 0.15) is 0 Å². The van der Waals surface area contributed by atoms with Crippen LogP contribution in [0, 0.1) is 0 Å². The molecule has 0 atom stereocenters. The SMILES string of the molecule is CN(C)CCN(C)P(C1CCCCC1)N(C)CCN(C)C. The maximum atomic E-state index is 2.65. The molecule has 0 radical (unpaired) electrons. The first-order chi connectivity index (χ1) is 9.91. The summed E-state index contributed by atoms with van der Waals surface area (Å²) in [6.07, 6.45) is 7.19. The number of hydrogen-bond donors (Lipinski definition) is 0. The summed E-state index contributed by atoms with van der Waals surface area (Å²) in [5.74, 6) is 0. The zero-order valence-corrected chi connectivity index (χ0v) is 16.1. The molecule has 1 saturated carbocycles. The van der Waals surface area contributed by atoms with Crippen LogP contribution in [0.2, 0.25) is 0 Å². The van der Waals surface area contributed by atoms with E-state index in [1.54, 1.807) is 0 Å². The summed E-state index contributed by atoms with van der Waals surface area (Å²) in [6.45, 7) is 4.68. The van der Waals surface area contributed by atoms with Crippen LogP contribution < -0.4 is 0 Å². The minimum absolute atomic E-state index is 0.149. The number of hydrogen-bond acceptors (Lipinski definition) is 4. The van der Waals surface area contributed by atoms with E-state index in [1.165, 1.54) is 45.2 Å². The smallest absolute Gasteiger partial charge is 0.0422 e. The highest BCUT2D eigenvalue weighted by atomic mass is 31.1. The lowest BCUT2D eigenvalue weighted by Gasteiger charge is -2.42. The van der Waals surface area contributed by atoms with Crippen molar-refractivity contribution < 1.29 is 0 Å². The zero-order chi connectivity index (χ0) is 15.8. The topological polar surface area (TPSA) is 13.0 Å². The molecule has 0 aromatic carbocycles. The van der Waals surface area contributed by atoms with E-state index in [0.29, 0.717) is 0 Å². The third kappa shape index (κ3) is 7.38. The van der Waals surface area contributed by atoms with Crippen LogP contribution in [0.5, 0.6) is 0 Å². The normalized spacial score (nSPS) is 17.9. The third-order valence-corrected chi connectivity index (χ3v) is 7.31. The molecule has 0 amide bonds. The Bertz CT molecular complexity index is 249. The quantitative estimate of drug-likeness (QED) is 0.606. The number of nitrogens with zero attached hydrogens (tertiary/aromatic N) is 4. The summed E-state index contributed by atoms with van der Waals surface area (Å²) in [5, 5.41) is 0. The molecule has 1 aliphatic carbocycles.